The van der Waals surface area contributed by atoms with E-state index in [-0.39, 0.29) is 5.56 Å². The van der Waals surface area contributed by atoms with Crippen molar-refractivity contribution in [1.29, 1.82) is 0 Å². The van der Waals surface area contributed by atoms with Crippen molar-refractivity contribution in [2.24, 2.45) is 0 Å². The lowest BCUT2D eigenvalue weighted by atomic mass is 10.1. The van der Waals surface area contributed by atoms with Gasteiger partial charge in [-0.05, 0) is 54.6 Å². The summed E-state index contributed by atoms with van der Waals surface area (Å²) in [6.45, 7) is 0. The number of carbonyl (C=O) groups is 4. The molecule has 7 heteroatoms. The van der Waals surface area contributed by atoms with E-state index in [0.29, 0.717) is 28.1 Å². The minimum Gasteiger partial charge on any atom is -0.465 e. The van der Waals surface area contributed by atoms with Gasteiger partial charge in [-0.15, -0.1) is 0 Å². The van der Waals surface area contributed by atoms with E-state index in [4.69, 9.17) is 0 Å². The Morgan fingerprint density at radius 3 is 2.03 bits per heavy atom. The molecule has 0 aliphatic carbocycles. The Kier molecular flexibility index (Phi) is 4.85. The Morgan fingerprint density at radius 1 is 0.800 bits per heavy atom. The first kappa shape index (κ1) is 19.1. The number of carbonyl (C=O) groups excluding carboxylic acids is 4. The summed E-state index contributed by atoms with van der Waals surface area (Å²) in [6.07, 6.45) is 0. The van der Waals surface area contributed by atoms with E-state index in [9.17, 15) is 19.2 Å². The molecule has 0 unspecified atom stereocenters. The van der Waals surface area contributed by atoms with Gasteiger partial charge in [-0.25, -0.2) is 9.69 Å². The van der Waals surface area contributed by atoms with Crippen molar-refractivity contribution in [3.8, 4) is 0 Å². The number of nitrogens with one attached hydrogen (secondary N) is 1. The Labute approximate surface area is 171 Å². The molecule has 0 saturated heterocycles. The maximum Gasteiger partial charge on any atom is 0.337 e. The van der Waals surface area contributed by atoms with Gasteiger partial charge < -0.3 is 10.1 Å². The smallest absolute Gasteiger partial charge is 0.337 e. The summed E-state index contributed by atoms with van der Waals surface area (Å²) < 4.78 is 4.64. The molecule has 30 heavy (non-hydrogen) atoms. The van der Waals surface area contributed by atoms with Crippen LogP contribution in [0.2, 0.25) is 0 Å². The van der Waals surface area contributed by atoms with Gasteiger partial charge in [0.25, 0.3) is 17.7 Å². The van der Waals surface area contributed by atoms with Crippen molar-refractivity contribution in [3.63, 3.8) is 0 Å². The maximum absolute atomic E-state index is 12.7. The molecular formula is C23H16N2O5. The van der Waals surface area contributed by atoms with Gasteiger partial charge in [0.05, 0.1) is 29.5 Å². The molecule has 3 amide bonds. The average molecular weight is 400 g/mol. The molecule has 7 nitrogen and oxygen atoms in total. The van der Waals surface area contributed by atoms with Crippen LogP contribution in [0.25, 0.3) is 0 Å². The number of fused-ring (bicyclic) bond motifs is 1. The summed E-state index contributed by atoms with van der Waals surface area (Å²) in [5.74, 6) is -1.74. The molecule has 0 saturated carbocycles. The average Bonchev–Trinajstić information content (AvgIpc) is 3.04. The van der Waals surface area contributed by atoms with Crippen LogP contribution >= 0.6 is 0 Å². The highest BCUT2D eigenvalue weighted by Gasteiger charge is 2.36. The highest BCUT2D eigenvalue weighted by Crippen LogP contribution is 2.29. The molecule has 1 aliphatic rings. The predicted octanol–water partition coefficient (Wildman–Crippen LogP) is 3.53. The number of imide groups is 1. The number of rotatable bonds is 4. The molecule has 0 radical (unpaired) electrons. The number of methoxy groups -OCH3 is 1. The number of amides is 3. The molecule has 0 bridgehead atoms. The van der Waals surface area contributed by atoms with E-state index >= 15 is 0 Å². The molecular weight excluding hydrogens is 384 g/mol. The van der Waals surface area contributed by atoms with E-state index in [2.05, 4.69) is 10.1 Å². The normalized spacial score (nSPS) is 12.5. The molecule has 0 atom stereocenters. The third-order valence-corrected chi connectivity index (χ3v) is 4.72. The van der Waals surface area contributed by atoms with E-state index < -0.39 is 23.7 Å². The first-order valence-electron chi connectivity index (χ1n) is 9.07. The molecule has 3 aromatic carbocycles. The zero-order valence-electron chi connectivity index (χ0n) is 15.9. The van der Waals surface area contributed by atoms with Gasteiger partial charge in [-0.3, -0.25) is 14.4 Å². The van der Waals surface area contributed by atoms with E-state index in [1.807, 2.05) is 0 Å². The SMILES string of the molecule is COC(=O)c1ccc(NC(=O)c2cccc(N3C(=O)c4ccccc4C3=O)c2)cc1. The minimum atomic E-state index is -0.471. The fourth-order valence-electron chi connectivity index (χ4n) is 3.22. The first-order valence-corrected chi connectivity index (χ1v) is 9.07. The highest BCUT2D eigenvalue weighted by atomic mass is 16.5. The lowest BCUT2D eigenvalue weighted by Crippen LogP contribution is -2.29. The van der Waals surface area contributed by atoms with Gasteiger partial charge in [0.2, 0.25) is 0 Å². The molecule has 1 aliphatic heterocycles. The Balaban J connectivity index is 1.55. The Morgan fingerprint density at radius 2 is 1.43 bits per heavy atom. The van der Waals surface area contributed by atoms with Gasteiger partial charge in [0.1, 0.15) is 0 Å². The van der Waals surface area contributed by atoms with Crippen LogP contribution in [0.3, 0.4) is 0 Å². The molecule has 4 rings (SSSR count). The number of ether oxygens (including phenoxy) is 1. The van der Waals surface area contributed by atoms with Gasteiger partial charge in [-0.2, -0.15) is 0 Å². The molecule has 1 N–H and O–H groups in total. The molecule has 0 aromatic heterocycles. The van der Waals surface area contributed by atoms with Crippen LogP contribution < -0.4 is 10.2 Å². The largest absolute Gasteiger partial charge is 0.465 e. The number of esters is 1. The molecule has 0 fully saturated rings. The third kappa shape index (κ3) is 3.33. The van der Waals surface area contributed by atoms with Gasteiger partial charge in [0, 0.05) is 11.3 Å². The quantitative estimate of drug-likeness (QED) is 0.534. The molecule has 148 valence electrons. The second-order valence-electron chi connectivity index (χ2n) is 6.56. The van der Waals surface area contributed by atoms with E-state index in [1.165, 1.54) is 25.3 Å². The van der Waals surface area contributed by atoms with Gasteiger partial charge in [-0.1, -0.05) is 18.2 Å². The van der Waals surface area contributed by atoms with E-state index in [1.54, 1.807) is 54.6 Å². The number of nitrogens with zero attached hydrogens (tertiary/aromatic N) is 1. The zero-order valence-corrected chi connectivity index (χ0v) is 15.9. The number of anilines is 2. The predicted molar refractivity (Wildman–Crippen MR) is 110 cm³/mol. The number of hydrogen-bond donors (Lipinski definition) is 1. The van der Waals surface area contributed by atoms with Crippen LogP contribution in [0.1, 0.15) is 41.4 Å². The Bertz CT molecular complexity index is 1150. The second-order valence-corrected chi connectivity index (χ2v) is 6.56. The lowest BCUT2D eigenvalue weighted by molar-refractivity contribution is 0.0600. The van der Waals surface area contributed by atoms with Crippen LogP contribution in [-0.4, -0.2) is 30.8 Å². The third-order valence-electron chi connectivity index (χ3n) is 4.72. The summed E-state index contributed by atoms with van der Waals surface area (Å²) in [6, 6.07) is 19.1. The Hall–Kier alpha value is -4.26. The molecule has 3 aromatic rings. The monoisotopic (exact) mass is 400 g/mol. The first-order chi connectivity index (χ1) is 14.5. The van der Waals surface area contributed by atoms with E-state index in [0.717, 1.165) is 4.90 Å². The highest BCUT2D eigenvalue weighted by molar-refractivity contribution is 6.34. The fourth-order valence-corrected chi connectivity index (χ4v) is 3.22. The lowest BCUT2D eigenvalue weighted by Gasteiger charge is -2.15. The van der Waals surface area contributed by atoms with Gasteiger partial charge in [0.15, 0.2) is 0 Å². The second kappa shape index (κ2) is 7.63. The van der Waals surface area contributed by atoms with Gasteiger partial charge >= 0.3 is 5.97 Å². The van der Waals surface area contributed by atoms with Crippen LogP contribution in [0.15, 0.2) is 72.8 Å². The summed E-state index contributed by atoms with van der Waals surface area (Å²) in [7, 11) is 1.29. The van der Waals surface area contributed by atoms with Crippen LogP contribution in [-0.2, 0) is 4.74 Å². The summed E-state index contributed by atoms with van der Waals surface area (Å²) in [4.78, 5) is 50.5. The maximum atomic E-state index is 12.7. The fraction of sp³-hybridized carbons (Fsp3) is 0.0435. The van der Waals surface area contributed by atoms with Crippen LogP contribution in [0.5, 0.6) is 0 Å². The number of hydrogen-bond acceptors (Lipinski definition) is 5. The van der Waals surface area contributed by atoms with Crippen molar-refractivity contribution >= 4 is 35.1 Å². The summed E-state index contributed by atoms with van der Waals surface area (Å²) in [5.41, 5.74) is 2.11. The van der Waals surface area contributed by atoms with Crippen molar-refractivity contribution < 1.29 is 23.9 Å². The summed E-state index contributed by atoms with van der Waals surface area (Å²) in [5, 5.41) is 2.72. The van der Waals surface area contributed by atoms with Crippen LogP contribution in [0, 0.1) is 0 Å². The van der Waals surface area contributed by atoms with Crippen molar-refractivity contribution in [2.45, 2.75) is 0 Å². The topological polar surface area (TPSA) is 92.8 Å². The molecule has 0 spiro atoms. The standard InChI is InChI=1S/C23H16N2O5/c1-30-23(29)14-9-11-16(12-10-14)24-20(26)15-5-4-6-17(13-15)25-21(27)18-7-2-3-8-19(18)22(25)28/h2-13H,1H3,(H,24,26). The van der Waals surface area contributed by atoms with Crippen molar-refractivity contribution in [1.82, 2.24) is 0 Å². The number of benzene rings is 3. The van der Waals surface area contributed by atoms with Crippen molar-refractivity contribution in [2.75, 3.05) is 17.3 Å². The minimum absolute atomic E-state index is 0.279. The van der Waals surface area contributed by atoms with Crippen molar-refractivity contribution in [3.05, 3.63) is 95.1 Å². The summed E-state index contributed by atoms with van der Waals surface area (Å²) >= 11 is 0. The zero-order chi connectivity index (χ0) is 21.3. The van der Waals surface area contributed by atoms with Crippen LogP contribution in [0.4, 0.5) is 11.4 Å². The molecule has 1 heterocycles.